The van der Waals surface area contributed by atoms with Gasteiger partial charge in [-0.1, -0.05) is 29.8 Å². The Morgan fingerprint density at radius 3 is 2.19 bits per heavy atom. The molecule has 1 fully saturated rings. The Labute approximate surface area is 167 Å². The van der Waals surface area contributed by atoms with Gasteiger partial charge in [0.15, 0.2) is 0 Å². The highest BCUT2D eigenvalue weighted by Gasteiger charge is 2.19. The Morgan fingerprint density at radius 1 is 0.963 bits per heavy atom. The van der Waals surface area contributed by atoms with E-state index in [9.17, 15) is 5.11 Å². The SMILES string of the molecule is Cc1cc(C)cc(OC[C@@H](O)CN2CCN(Cc3ccc(Cl)cc3)CC2)c1. The summed E-state index contributed by atoms with van der Waals surface area (Å²) in [5.41, 5.74) is 3.64. The van der Waals surface area contributed by atoms with Gasteiger partial charge in [-0.3, -0.25) is 9.80 Å². The number of nitrogens with zero attached hydrogens (tertiary/aromatic N) is 2. The van der Waals surface area contributed by atoms with E-state index >= 15 is 0 Å². The maximum Gasteiger partial charge on any atom is 0.119 e. The first-order valence-corrected chi connectivity index (χ1v) is 9.94. The fraction of sp³-hybridized carbons (Fsp3) is 0.455. The third-order valence-electron chi connectivity index (χ3n) is 4.89. The van der Waals surface area contributed by atoms with Crippen LogP contribution >= 0.6 is 11.6 Å². The minimum atomic E-state index is -0.478. The zero-order chi connectivity index (χ0) is 19.2. The highest BCUT2D eigenvalue weighted by molar-refractivity contribution is 6.30. The van der Waals surface area contributed by atoms with E-state index in [2.05, 4.69) is 41.8 Å². The topological polar surface area (TPSA) is 35.9 Å². The quantitative estimate of drug-likeness (QED) is 0.787. The van der Waals surface area contributed by atoms with E-state index in [4.69, 9.17) is 16.3 Å². The average molecular weight is 389 g/mol. The number of benzene rings is 2. The van der Waals surface area contributed by atoms with Gasteiger partial charge in [0.05, 0.1) is 0 Å². The van der Waals surface area contributed by atoms with Crippen LogP contribution in [0.2, 0.25) is 5.02 Å². The summed E-state index contributed by atoms with van der Waals surface area (Å²) >= 11 is 5.95. The number of ether oxygens (including phenoxy) is 1. The summed E-state index contributed by atoms with van der Waals surface area (Å²) in [6.45, 7) is 9.99. The summed E-state index contributed by atoms with van der Waals surface area (Å²) in [4.78, 5) is 4.76. The molecule has 2 aromatic carbocycles. The number of aryl methyl sites for hydroxylation is 2. The zero-order valence-corrected chi connectivity index (χ0v) is 17.0. The fourth-order valence-corrected chi connectivity index (χ4v) is 3.66. The molecule has 1 heterocycles. The van der Waals surface area contributed by atoms with Crippen molar-refractivity contribution in [2.24, 2.45) is 0 Å². The molecule has 0 saturated carbocycles. The van der Waals surface area contributed by atoms with Crippen molar-refractivity contribution in [3.8, 4) is 5.75 Å². The van der Waals surface area contributed by atoms with Crippen LogP contribution in [0.25, 0.3) is 0 Å². The lowest BCUT2D eigenvalue weighted by atomic mass is 10.1. The van der Waals surface area contributed by atoms with Gasteiger partial charge in [-0.2, -0.15) is 0 Å². The van der Waals surface area contributed by atoms with E-state index in [1.165, 1.54) is 16.7 Å². The molecular formula is C22H29ClN2O2. The van der Waals surface area contributed by atoms with E-state index in [0.717, 1.165) is 43.5 Å². The molecule has 146 valence electrons. The van der Waals surface area contributed by atoms with Crippen molar-refractivity contribution >= 4 is 11.6 Å². The number of rotatable bonds is 7. The van der Waals surface area contributed by atoms with Crippen LogP contribution in [0.5, 0.6) is 5.75 Å². The summed E-state index contributed by atoms with van der Waals surface area (Å²) in [5.74, 6) is 0.833. The Morgan fingerprint density at radius 2 is 1.56 bits per heavy atom. The van der Waals surface area contributed by atoms with Crippen molar-refractivity contribution in [2.45, 2.75) is 26.5 Å². The minimum absolute atomic E-state index is 0.327. The molecule has 1 aliphatic rings. The highest BCUT2D eigenvalue weighted by Crippen LogP contribution is 2.17. The van der Waals surface area contributed by atoms with Crippen LogP contribution in [0.15, 0.2) is 42.5 Å². The summed E-state index contributed by atoms with van der Waals surface area (Å²) in [7, 11) is 0. The fourth-order valence-electron chi connectivity index (χ4n) is 3.54. The van der Waals surface area contributed by atoms with Crippen molar-refractivity contribution < 1.29 is 9.84 Å². The molecule has 1 N–H and O–H groups in total. The van der Waals surface area contributed by atoms with Gasteiger partial charge in [-0.15, -0.1) is 0 Å². The van der Waals surface area contributed by atoms with Gasteiger partial charge < -0.3 is 9.84 Å². The second-order valence-electron chi connectivity index (χ2n) is 7.49. The second kappa shape index (κ2) is 9.56. The van der Waals surface area contributed by atoms with E-state index in [-0.39, 0.29) is 0 Å². The van der Waals surface area contributed by atoms with Crippen LogP contribution in [0.1, 0.15) is 16.7 Å². The van der Waals surface area contributed by atoms with E-state index in [1.54, 1.807) is 0 Å². The normalized spacial score (nSPS) is 17.0. The van der Waals surface area contributed by atoms with Crippen molar-refractivity contribution in [3.63, 3.8) is 0 Å². The molecule has 0 spiro atoms. The molecular weight excluding hydrogens is 360 g/mol. The Hall–Kier alpha value is -1.59. The van der Waals surface area contributed by atoms with E-state index < -0.39 is 6.10 Å². The monoisotopic (exact) mass is 388 g/mol. The number of piperazine rings is 1. The molecule has 0 aliphatic carbocycles. The molecule has 0 aromatic heterocycles. The molecule has 0 amide bonds. The first-order valence-electron chi connectivity index (χ1n) is 9.56. The maximum atomic E-state index is 10.3. The molecule has 3 rings (SSSR count). The van der Waals surface area contributed by atoms with Crippen LogP contribution in [0, 0.1) is 13.8 Å². The van der Waals surface area contributed by atoms with Crippen molar-refractivity contribution in [1.29, 1.82) is 0 Å². The molecule has 5 heteroatoms. The molecule has 0 radical (unpaired) electrons. The predicted molar refractivity (Wildman–Crippen MR) is 111 cm³/mol. The van der Waals surface area contributed by atoms with Gasteiger partial charge in [0, 0.05) is 44.3 Å². The smallest absolute Gasteiger partial charge is 0.119 e. The number of halogens is 1. The lowest BCUT2D eigenvalue weighted by Gasteiger charge is -2.35. The molecule has 0 bridgehead atoms. The van der Waals surface area contributed by atoms with E-state index in [0.29, 0.717) is 13.2 Å². The van der Waals surface area contributed by atoms with Crippen LogP contribution in [-0.4, -0.2) is 60.3 Å². The number of aliphatic hydroxyl groups excluding tert-OH is 1. The third-order valence-corrected chi connectivity index (χ3v) is 5.14. The Kier molecular flexibility index (Phi) is 7.13. The van der Waals surface area contributed by atoms with Crippen LogP contribution in [0.4, 0.5) is 0 Å². The maximum absolute atomic E-state index is 10.3. The average Bonchev–Trinajstić information content (AvgIpc) is 2.63. The standard InChI is InChI=1S/C22H29ClN2O2/c1-17-11-18(2)13-22(12-17)27-16-21(26)15-25-9-7-24(8-10-25)14-19-3-5-20(23)6-4-19/h3-6,11-13,21,26H,7-10,14-16H2,1-2H3/t21-/m0/s1. The zero-order valence-electron chi connectivity index (χ0n) is 16.2. The number of β-amino-alcohol motifs (C(OH)–C–C–N with tert-alkyl or cyclic N) is 1. The Balaban J connectivity index is 1.38. The van der Waals surface area contributed by atoms with Crippen LogP contribution in [-0.2, 0) is 6.54 Å². The second-order valence-corrected chi connectivity index (χ2v) is 7.93. The summed E-state index contributed by atoms with van der Waals surface area (Å²) in [6, 6.07) is 14.2. The number of hydrogen-bond donors (Lipinski definition) is 1. The Bertz CT molecular complexity index is 707. The van der Waals surface area contributed by atoms with E-state index in [1.807, 2.05) is 24.3 Å². The van der Waals surface area contributed by atoms with Gasteiger partial charge in [0.2, 0.25) is 0 Å². The summed E-state index contributed by atoms with van der Waals surface area (Å²) in [6.07, 6.45) is -0.478. The largest absolute Gasteiger partial charge is 0.491 e. The van der Waals surface area contributed by atoms with Crippen LogP contribution < -0.4 is 4.74 Å². The lowest BCUT2D eigenvalue weighted by molar-refractivity contribution is 0.0446. The van der Waals surface area contributed by atoms with Gasteiger partial charge in [-0.25, -0.2) is 0 Å². The van der Waals surface area contributed by atoms with Crippen molar-refractivity contribution in [1.82, 2.24) is 9.80 Å². The number of hydrogen-bond acceptors (Lipinski definition) is 4. The van der Waals surface area contributed by atoms with Gasteiger partial charge >= 0.3 is 0 Å². The van der Waals surface area contributed by atoms with Gasteiger partial charge in [0.25, 0.3) is 0 Å². The minimum Gasteiger partial charge on any atom is -0.491 e. The lowest BCUT2D eigenvalue weighted by Crippen LogP contribution is -2.48. The molecule has 4 nitrogen and oxygen atoms in total. The van der Waals surface area contributed by atoms with Crippen molar-refractivity contribution in [3.05, 3.63) is 64.2 Å². The first-order chi connectivity index (χ1) is 13.0. The first kappa shape index (κ1) is 20.2. The molecule has 27 heavy (non-hydrogen) atoms. The predicted octanol–water partition coefficient (Wildman–Crippen LogP) is 3.51. The van der Waals surface area contributed by atoms with Gasteiger partial charge in [-0.05, 0) is 54.8 Å². The van der Waals surface area contributed by atoms with Crippen molar-refractivity contribution in [2.75, 3.05) is 39.3 Å². The van der Waals surface area contributed by atoms with Crippen LogP contribution in [0.3, 0.4) is 0 Å². The molecule has 2 aromatic rings. The highest BCUT2D eigenvalue weighted by atomic mass is 35.5. The third kappa shape index (κ3) is 6.51. The molecule has 1 atom stereocenters. The number of aliphatic hydroxyl groups is 1. The summed E-state index contributed by atoms with van der Waals surface area (Å²) in [5, 5.41) is 11.1. The van der Waals surface area contributed by atoms with Gasteiger partial charge in [0.1, 0.15) is 18.5 Å². The molecule has 1 saturated heterocycles. The molecule has 0 unspecified atom stereocenters. The summed E-state index contributed by atoms with van der Waals surface area (Å²) < 4.78 is 5.78. The molecule has 1 aliphatic heterocycles.